The molecule has 1 N–H and O–H groups in total. The zero-order valence-corrected chi connectivity index (χ0v) is 17.5. The fraction of sp³-hybridized carbons (Fsp3) is 0.250. The third kappa shape index (κ3) is 3.41. The highest BCUT2D eigenvalue weighted by molar-refractivity contribution is 7.14. The lowest BCUT2D eigenvalue weighted by atomic mass is 9.89. The summed E-state index contributed by atoms with van der Waals surface area (Å²) in [7, 11) is 0. The molecule has 2 heterocycles. The van der Waals surface area contributed by atoms with Crippen molar-refractivity contribution in [3.63, 3.8) is 0 Å². The van der Waals surface area contributed by atoms with Gasteiger partial charge in [-0.15, -0.1) is 11.3 Å². The molecule has 0 bridgehead atoms. The maximum atomic E-state index is 13.4. The van der Waals surface area contributed by atoms with Crippen LogP contribution in [0.2, 0.25) is 0 Å². The minimum absolute atomic E-state index is 0.220. The average molecular weight is 406 g/mol. The topological polar surface area (TPSA) is 57.6 Å². The molecule has 1 aliphatic rings. The van der Waals surface area contributed by atoms with Crippen molar-refractivity contribution in [2.24, 2.45) is 0 Å². The van der Waals surface area contributed by atoms with E-state index in [0.29, 0.717) is 22.7 Å². The first kappa shape index (κ1) is 19.6. The molecule has 0 saturated carbocycles. The molecule has 2 aromatic carbocycles. The second-order valence-electron chi connectivity index (χ2n) is 7.71. The van der Waals surface area contributed by atoms with Crippen LogP contribution in [0, 0.1) is 20.8 Å². The van der Waals surface area contributed by atoms with Crippen LogP contribution in [0.5, 0.6) is 0 Å². The Bertz CT molecular complexity index is 1120. The quantitative estimate of drug-likeness (QED) is 0.627. The van der Waals surface area contributed by atoms with Gasteiger partial charge in [0.2, 0.25) is 0 Å². The molecule has 5 heteroatoms. The number of ketones is 1. The first-order chi connectivity index (χ1) is 13.8. The van der Waals surface area contributed by atoms with Crippen LogP contribution in [0.15, 0.2) is 54.6 Å². The SMILES string of the molecule is Cc1ccc(CN2C(=O)[C@](O)(CC(=O)c3ccc(C)s3)c3ccccc32)c(C)c1. The van der Waals surface area contributed by atoms with Crippen molar-refractivity contribution in [3.8, 4) is 0 Å². The van der Waals surface area contributed by atoms with Crippen LogP contribution in [0.1, 0.15) is 43.2 Å². The molecular weight excluding hydrogens is 382 g/mol. The van der Waals surface area contributed by atoms with E-state index in [2.05, 4.69) is 6.07 Å². The molecule has 4 rings (SSSR count). The van der Waals surface area contributed by atoms with Crippen molar-refractivity contribution in [2.75, 3.05) is 4.90 Å². The van der Waals surface area contributed by atoms with Crippen molar-refractivity contribution in [3.05, 3.63) is 86.6 Å². The number of fused-ring (bicyclic) bond motifs is 1. The monoisotopic (exact) mass is 405 g/mol. The molecule has 0 unspecified atom stereocenters. The molecule has 1 aromatic heterocycles. The highest BCUT2D eigenvalue weighted by Gasteiger charge is 2.50. The molecule has 1 atom stereocenters. The molecule has 29 heavy (non-hydrogen) atoms. The first-order valence-corrected chi connectivity index (χ1v) is 10.4. The summed E-state index contributed by atoms with van der Waals surface area (Å²) in [5, 5.41) is 11.4. The third-order valence-corrected chi connectivity index (χ3v) is 6.54. The lowest BCUT2D eigenvalue weighted by Gasteiger charge is -2.23. The number of thiophene rings is 1. The Kier molecular flexibility index (Phi) is 4.89. The molecule has 0 fully saturated rings. The van der Waals surface area contributed by atoms with Gasteiger partial charge in [-0.05, 0) is 50.1 Å². The van der Waals surface area contributed by atoms with E-state index in [4.69, 9.17) is 0 Å². The maximum Gasteiger partial charge on any atom is 0.264 e. The number of amides is 1. The van der Waals surface area contributed by atoms with E-state index >= 15 is 0 Å². The van der Waals surface area contributed by atoms with Crippen molar-refractivity contribution in [1.82, 2.24) is 0 Å². The number of rotatable bonds is 5. The first-order valence-electron chi connectivity index (χ1n) is 9.59. The summed E-state index contributed by atoms with van der Waals surface area (Å²) in [5.41, 5.74) is 2.59. The van der Waals surface area contributed by atoms with Gasteiger partial charge in [0.25, 0.3) is 5.91 Å². The molecule has 0 radical (unpaired) electrons. The Morgan fingerprint density at radius 1 is 1.07 bits per heavy atom. The largest absolute Gasteiger partial charge is 0.375 e. The average Bonchev–Trinajstić information content (AvgIpc) is 3.20. The van der Waals surface area contributed by atoms with Crippen LogP contribution in [0.3, 0.4) is 0 Å². The summed E-state index contributed by atoms with van der Waals surface area (Å²) in [6, 6.07) is 16.9. The number of carbonyl (C=O) groups excluding carboxylic acids is 2. The fourth-order valence-electron chi connectivity index (χ4n) is 3.93. The summed E-state index contributed by atoms with van der Waals surface area (Å²) >= 11 is 1.38. The zero-order chi connectivity index (χ0) is 20.8. The molecule has 1 amide bonds. The highest BCUT2D eigenvalue weighted by Crippen LogP contribution is 2.44. The Hall–Kier alpha value is -2.76. The summed E-state index contributed by atoms with van der Waals surface area (Å²) < 4.78 is 0. The Morgan fingerprint density at radius 2 is 1.83 bits per heavy atom. The lowest BCUT2D eigenvalue weighted by Crippen LogP contribution is -2.41. The van der Waals surface area contributed by atoms with Gasteiger partial charge in [-0.3, -0.25) is 9.59 Å². The maximum absolute atomic E-state index is 13.4. The van der Waals surface area contributed by atoms with Crippen LogP contribution in [0.4, 0.5) is 5.69 Å². The van der Waals surface area contributed by atoms with Crippen molar-refractivity contribution in [1.29, 1.82) is 0 Å². The number of Topliss-reactive ketones (excluding diaryl/α,β-unsaturated/α-hetero) is 1. The summed E-state index contributed by atoms with van der Waals surface area (Å²) in [4.78, 5) is 29.4. The minimum atomic E-state index is -1.84. The molecule has 148 valence electrons. The van der Waals surface area contributed by atoms with Gasteiger partial charge >= 0.3 is 0 Å². The molecule has 1 aliphatic heterocycles. The van der Waals surface area contributed by atoms with Crippen LogP contribution < -0.4 is 4.90 Å². The Labute approximate surface area is 174 Å². The predicted octanol–water partition coefficient (Wildman–Crippen LogP) is 4.68. The molecular formula is C24H23NO3S. The second kappa shape index (κ2) is 7.25. The van der Waals surface area contributed by atoms with Gasteiger partial charge < -0.3 is 10.0 Å². The van der Waals surface area contributed by atoms with Crippen LogP contribution in [0.25, 0.3) is 0 Å². The number of nitrogens with zero attached hydrogens (tertiary/aromatic N) is 1. The summed E-state index contributed by atoms with van der Waals surface area (Å²) in [6.07, 6.45) is -0.258. The molecule has 0 saturated heterocycles. The Morgan fingerprint density at radius 3 is 2.52 bits per heavy atom. The van der Waals surface area contributed by atoms with E-state index < -0.39 is 11.5 Å². The van der Waals surface area contributed by atoms with Crippen molar-refractivity contribution in [2.45, 2.75) is 39.3 Å². The highest BCUT2D eigenvalue weighted by atomic mass is 32.1. The summed E-state index contributed by atoms with van der Waals surface area (Å²) in [6.45, 7) is 6.34. The van der Waals surface area contributed by atoms with Gasteiger partial charge in [-0.1, -0.05) is 42.0 Å². The van der Waals surface area contributed by atoms with Gasteiger partial charge in [0.05, 0.1) is 23.5 Å². The lowest BCUT2D eigenvalue weighted by molar-refractivity contribution is -0.136. The van der Waals surface area contributed by atoms with Gasteiger partial charge in [0, 0.05) is 10.4 Å². The van der Waals surface area contributed by atoms with E-state index in [9.17, 15) is 14.7 Å². The molecule has 0 spiro atoms. The van der Waals surface area contributed by atoms with E-state index in [0.717, 1.165) is 21.6 Å². The molecule has 0 aliphatic carbocycles. The number of hydrogen-bond acceptors (Lipinski definition) is 4. The van der Waals surface area contributed by atoms with Gasteiger partial charge in [-0.25, -0.2) is 0 Å². The zero-order valence-electron chi connectivity index (χ0n) is 16.7. The fourth-order valence-corrected chi connectivity index (χ4v) is 4.74. The standard InChI is InChI=1S/C24H23NO3S/c1-15-8-10-18(16(2)12-15)14-25-20-7-5-4-6-19(20)24(28,23(25)27)13-21(26)22-11-9-17(3)29-22/h4-12,28H,13-14H2,1-3H3/t24-/m0/s1. The number of carbonyl (C=O) groups is 2. The van der Waals surface area contributed by atoms with Crippen LogP contribution in [-0.4, -0.2) is 16.8 Å². The van der Waals surface area contributed by atoms with Crippen molar-refractivity contribution < 1.29 is 14.7 Å². The van der Waals surface area contributed by atoms with E-state index in [1.165, 1.54) is 11.3 Å². The molecule has 3 aromatic rings. The smallest absolute Gasteiger partial charge is 0.264 e. The predicted molar refractivity (Wildman–Crippen MR) is 115 cm³/mol. The summed E-state index contributed by atoms with van der Waals surface area (Å²) in [5.74, 6) is -0.664. The molecule has 4 nitrogen and oxygen atoms in total. The number of para-hydroxylation sites is 1. The van der Waals surface area contributed by atoms with E-state index in [-0.39, 0.29) is 12.2 Å². The third-order valence-electron chi connectivity index (χ3n) is 5.50. The van der Waals surface area contributed by atoms with E-state index in [1.807, 2.05) is 51.1 Å². The van der Waals surface area contributed by atoms with Gasteiger partial charge in [0.15, 0.2) is 11.4 Å². The Balaban J connectivity index is 1.69. The van der Waals surface area contributed by atoms with E-state index in [1.54, 1.807) is 23.1 Å². The number of aryl methyl sites for hydroxylation is 3. The van der Waals surface area contributed by atoms with Gasteiger partial charge in [-0.2, -0.15) is 0 Å². The second-order valence-corrected chi connectivity index (χ2v) is 9.00. The minimum Gasteiger partial charge on any atom is -0.375 e. The number of anilines is 1. The number of benzene rings is 2. The van der Waals surface area contributed by atoms with Gasteiger partial charge in [0.1, 0.15) is 0 Å². The normalized spacial score (nSPS) is 18.2. The van der Waals surface area contributed by atoms with Crippen LogP contribution >= 0.6 is 11.3 Å². The van der Waals surface area contributed by atoms with Crippen LogP contribution in [-0.2, 0) is 16.9 Å². The number of aliphatic hydroxyl groups is 1. The number of hydrogen-bond donors (Lipinski definition) is 1. The van der Waals surface area contributed by atoms with Crippen molar-refractivity contribution >= 4 is 28.7 Å².